The van der Waals surface area contributed by atoms with E-state index in [-0.39, 0.29) is 5.54 Å². The fraction of sp³-hybridized carbons (Fsp3) is 1.00. The lowest BCUT2D eigenvalue weighted by atomic mass is 10.1. The first-order valence-corrected chi connectivity index (χ1v) is 7.12. The van der Waals surface area contributed by atoms with Crippen LogP contribution in [0, 0.1) is 0 Å². The lowest BCUT2D eigenvalue weighted by Crippen LogP contribution is -2.40. The minimum Gasteiger partial charge on any atom is -0.311 e. The Labute approximate surface area is 100 Å². The van der Waals surface area contributed by atoms with Crippen molar-refractivity contribution in [3.8, 4) is 0 Å². The summed E-state index contributed by atoms with van der Waals surface area (Å²) in [7, 11) is 2.21. The van der Waals surface area contributed by atoms with Crippen LogP contribution in [0.4, 0.5) is 0 Å². The van der Waals surface area contributed by atoms with Crippen molar-refractivity contribution in [3.63, 3.8) is 0 Å². The van der Waals surface area contributed by atoms with E-state index in [0.717, 1.165) is 13.1 Å². The number of likely N-dealkylation sites (N-methyl/N-ethyl adjacent to an activating group) is 1. The molecular weight excluding hydrogens is 204 g/mol. The van der Waals surface area contributed by atoms with Gasteiger partial charge in [-0.15, -0.1) is 0 Å². The zero-order valence-corrected chi connectivity index (χ0v) is 11.9. The van der Waals surface area contributed by atoms with Gasteiger partial charge in [0.05, 0.1) is 0 Å². The Morgan fingerprint density at radius 1 is 1.20 bits per heavy atom. The van der Waals surface area contributed by atoms with Crippen molar-refractivity contribution in [1.29, 1.82) is 0 Å². The number of hydrogen-bond acceptors (Lipinski definition) is 3. The third kappa shape index (κ3) is 12.2. The zero-order chi connectivity index (χ0) is 11.7. The molecule has 0 aromatic carbocycles. The van der Waals surface area contributed by atoms with Crippen LogP contribution in [0.1, 0.15) is 34.1 Å². The van der Waals surface area contributed by atoms with E-state index in [2.05, 4.69) is 45.0 Å². The van der Waals surface area contributed by atoms with Gasteiger partial charge < -0.3 is 10.2 Å². The van der Waals surface area contributed by atoms with Crippen molar-refractivity contribution < 1.29 is 0 Å². The molecule has 0 aromatic heterocycles. The molecule has 0 heterocycles. The molecule has 0 spiro atoms. The summed E-state index contributed by atoms with van der Waals surface area (Å²) in [6.07, 6.45) is 1.31. The standard InChI is InChI=1S/C12H28N2S/c1-6-15-11-7-9-14(5)10-8-13-12(2,3)4/h13H,6-11H2,1-5H3. The first kappa shape index (κ1) is 15.3. The molecule has 0 bridgehead atoms. The highest BCUT2D eigenvalue weighted by molar-refractivity contribution is 7.99. The van der Waals surface area contributed by atoms with Gasteiger partial charge >= 0.3 is 0 Å². The van der Waals surface area contributed by atoms with Crippen molar-refractivity contribution >= 4 is 11.8 Å². The molecule has 0 aromatic rings. The van der Waals surface area contributed by atoms with Crippen LogP contribution in [0.15, 0.2) is 0 Å². The molecule has 15 heavy (non-hydrogen) atoms. The summed E-state index contributed by atoms with van der Waals surface area (Å²) < 4.78 is 0. The van der Waals surface area contributed by atoms with Crippen LogP contribution in [0.2, 0.25) is 0 Å². The number of rotatable bonds is 8. The SMILES string of the molecule is CCSCCCN(C)CCNC(C)(C)C. The maximum Gasteiger partial charge on any atom is 0.0104 e. The van der Waals surface area contributed by atoms with Gasteiger partial charge in [-0.05, 0) is 52.3 Å². The topological polar surface area (TPSA) is 15.3 Å². The molecule has 0 saturated heterocycles. The first-order chi connectivity index (χ1) is 6.95. The van der Waals surface area contributed by atoms with Crippen LogP contribution in [0.3, 0.4) is 0 Å². The van der Waals surface area contributed by atoms with Gasteiger partial charge in [0, 0.05) is 18.6 Å². The molecule has 0 fully saturated rings. The van der Waals surface area contributed by atoms with E-state index in [1.807, 2.05) is 11.8 Å². The minimum atomic E-state index is 0.249. The Bertz CT molecular complexity index is 143. The van der Waals surface area contributed by atoms with E-state index in [9.17, 15) is 0 Å². The van der Waals surface area contributed by atoms with Crippen molar-refractivity contribution in [2.45, 2.75) is 39.7 Å². The van der Waals surface area contributed by atoms with Gasteiger partial charge in [-0.3, -0.25) is 0 Å². The first-order valence-electron chi connectivity index (χ1n) is 5.97. The number of nitrogens with one attached hydrogen (secondary N) is 1. The van der Waals surface area contributed by atoms with E-state index < -0.39 is 0 Å². The van der Waals surface area contributed by atoms with Gasteiger partial charge in [0.1, 0.15) is 0 Å². The Hall–Kier alpha value is 0.270. The molecule has 0 saturated carbocycles. The molecule has 0 rings (SSSR count). The molecule has 2 nitrogen and oxygen atoms in total. The fourth-order valence-corrected chi connectivity index (χ4v) is 1.94. The third-order valence-electron chi connectivity index (χ3n) is 2.18. The molecule has 0 amide bonds. The Morgan fingerprint density at radius 3 is 2.40 bits per heavy atom. The van der Waals surface area contributed by atoms with Crippen LogP contribution < -0.4 is 5.32 Å². The van der Waals surface area contributed by atoms with Gasteiger partial charge in [0.25, 0.3) is 0 Å². The second kappa shape index (κ2) is 8.43. The molecule has 0 radical (unpaired) electrons. The number of hydrogen-bond donors (Lipinski definition) is 1. The monoisotopic (exact) mass is 232 g/mol. The van der Waals surface area contributed by atoms with E-state index in [4.69, 9.17) is 0 Å². The molecule has 0 atom stereocenters. The Kier molecular flexibility index (Phi) is 8.58. The predicted molar refractivity (Wildman–Crippen MR) is 72.9 cm³/mol. The summed E-state index contributed by atoms with van der Waals surface area (Å²) in [4.78, 5) is 2.41. The average molecular weight is 232 g/mol. The highest BCUT2D eigenvalue weighted by Gasteiger charge is 2.08. The van der Waals surface area contributed by atoms with Crippen LogP contribution in [-0.2, 0) is 0 Å². The van der Waals surface area contributed by atoms with Crippen LogP contribution in [0.5, 0.6) is 0 Å². The van der Waals surface area contributed by atoms with Gasteiger partial charge in [-0.2, -0.15) is 11.8 Å². The third-order valence-corrected chi connectivity index (χ3v) is 3.17. The number of thioether (sulfide) groups is 1. The quantitative estimate of drug-likeness (QED) is 0.647. The van der Waals surface area contributed by atoms with Crippen LogP contribution >= 0.6 is 11.8 Å². The molecule has 1 N–H and O–H groups in total. The van der Waals surface area contributed by atoms with Gasteiger partial charge in [-0.25, -0.2) is 0 Å². The van der Waals surface area contributed by atoms with Crippen molar-refractivity contribution in [3.05, 3.63) is 0 Å². The summed E-state index contributed by atoms with van der Waals surface area (Å²) >= 11 is 2.04. The van der Waals surface area contributed by atoms with Gasteiger partial charge in [0.15, 0.2) is 0 Å². The maximum absolute atomic E-state index is 3.51. The van der Waals surface area contributed by atoms with E-state index >= 15 is 0 Å². The number of nitrogens with zero attached hydrogens (tertiary/aromatic N) is 1. The van der Waals surface area contributed by atoms with Crippen LogP contribution in [-0.4, -0.2) is 48.6 Å². The molecule has 0 aliphatic carbocycles. The highest BCUT2D eigenvalue weighted by Crippen LogP contribution is 2.01. The highest BCUT2D eigenvalue weighted by atomic mass is 32.2. The zero-order valence-electron chi connectivity index (χ0n) is 11.1. The van der Waals surface area contributed by atoms with Crippen molar-refractivity contribution in [1.82, 2.24) is 10.2 Å². The molecule has 0 aliphatic heterocycles. The van der Waals surface area contributed by atoms with E-state index in [1.54, 1.807) is 0 Å². The van der Waals surface area contributed by atoms with Crippen molar-refractivity contribution in [2.24, 2.45) is 0 Å². The van der Waals surface area contributed by atoms with Gasteiger partial charge in [0.2, 0.25) is 0 Å². The molecular formula is C12H28N2S. The molecule has 3 heteroatoms. The second-order valence-electron chi connectivity index (χ2n) is 5.03. The molecule has 92 valence electrons. The maximum atomic E-state index is 3.51. The summed E-state index contributed by atoms with van der Waals surface area (Å²) in [5, 5.41) is 3.51. The summed E-state index contributed by atoms with van der Waals surface area (Å²) in [6.45, 7) is 12.3. The predicted octanol–water partition coefficient (Wildman–Crippen LogP) is 2.45. The summed E-state index contributed by atoms with van der Waals surface area (Å²) in [5.74, 6) is 2.54. The second-order valence-corrected chi connectivity index (χ2v) is 6.42. The van der Waals surface area contributed by atoms with Crippen molar-refractivity contribution in [2.75, 3.05) is 38.2 Å². The average Bonchev–Trinajstić information content (AvgIpc) is 2.10. The largest absolute Gasteiger partial charge is 0.311 e. The Balaban J connectivity index is 3.29. The molecule has 0 aliphatic rings. The lowest BCUT2D eigenvalue weighted by Gasteiger charge is -2.23. The lowest BCUT2D eigenvalue weighted by molar-refractivity contribution is 0.310. The van der Waals surface area contributed by atoms with E-state index in [0.29, 0.717) is 0 Å². The van der Waals surface area contributed by atoms with Crippen LogP contribution in [0.25, 0.3) is 0 Å². The van der Waals surface area contributed by atoms with E-state index in [1.165, 1.54) is 24.5 Å². The molecule has 0 unspecified atom stereocenters. The minimum absolute atomic E-state index is 0.249. The summed E-state index contributed by atoms with van der Waals surface area (Å²) in [5.41, 5.74) is 0.249. The smallest absolute Gasteiger partial charge is 0.0104 e. The normalized spacial score (nSPS) is 12.4. The van der Waals surface area contributed by atoms with Gasteiger partial charge in [-0.1, -0.05) is 6.92 Å². The fourth-order valence-electron chi connectivity index (χ4n) is 1.31. The summed E-state index contributed by atoms with van der Waals surface area (Å²) in [6, 6.07) is 0. The Morgan fingerprint density at radius 2 is 1.87 bits per heavy atom.